The number of pyridine rings is 1. The van der Waals surface area contributed by atoms with E-state index in [1.807, 2.05) is 31.6 Å². The second kappa shape index (κ2) is 5.99. The van der Waals surface area contributed by atoms with E-state index in [0.717, 1.165) is 30.9 Å². The first kappa shape index (κ1) is 13.0. The summed E-state index contributed by atoms with van der Waals surface area (Å²) in [6, 6.07) is 4.04. The molecule has 0 radical (unpaired) electrons. The van der Waals surface area contributed by atoms with Crippen molar-refractivity contribution in [3.63, 3.8) is 0 Å². The van der Waals surface area contributed by atoms with Gasteiger partial charge in [-0.3, -0.25) is 4.98 Å². The number of hydrogen-bond acceptors (Lipinski definition) is 4. The molecule has 0 bridgehead atoms. The van der Waals surface area contributed by atoms with Crippen molar-refractivity contribution < 1.29 is 0 Å². The summed E-state index contributed by atoms with van der Waals surface area (Å²) in [6.45, 7) is 0. The molecule has 0 aliphatic heterocycles. The lowest BCUT2D eigenvalue weighted by molar-refractivity contribution is 0.708. The number of fused-ring (bicyclic) bond motifs is 1. The molecule has 4 heteroatoms. The quantitative estimate of drug-likeness (QED) is 0.870. The smallest absolute Gasteiger partial charge is 0.135 e. The van der Waals surface area contributed by atoms with Crippen molar-refractivity contribution in [3.8, 4) is 0 Å². The average Bonchev–Trinajstić information content (AvgIpc) is 2.73. The molecule has 0 atom stereocenters. The number of nitrogens with one attached hydrogen (secondary N) is 1. The zero-order valence-electron chi connectivity index (χ0n) is 11.9. The van der Waals surface area contributed by atoms with Crippen molar-refractivity contribution in [1.82, 2.24) is 15.0 Å². The highest BCUT2D eigenvalue weighted by molar-refractivity contribution is 5.47. The van der Waals surface area contributed by atoms with Gasteiger partial charge in [-0.25, -0.2) is 9.97 Å². The first-order valence-electron chi connectivity index (χ1n) is 7.32. The second-order valence-corrected chi connectivity index (χ2v) is 5.26. The van der Waals surface area contributed by atoms with Crippen LogP contribution in [0, 0.1) is 0 Å². The highest BCUT2D eigenvalue weighted by atomic mass is 15.0. The van der Waals surface area contributed by atoms with Gasteiger partial charge in [0, 0.05) is 37.1 Å². The largest absolute Gasteiger partial charge is 0.373 e. The molecular weight excluding hydrogens is 248 g/mol. The van der Waals surface area contributed by atoms with E-state index >= 15 is 0 Å². The Kier molecular flexibility index (Phi) is 3.90. The summed E-state index contributed by atoms with van der Waals surface area (Å²) in [5.74, 6) is 1.92. The summed E-state index contributed by atoms with van der Waals surface area (Å²) >= 11 is 0. The van der Waals surface area contributed by atoms with Crippen molar-refractivity contribution in [2.75, 3.05) is 12.4 Å². The lowest BCUT2D eigenvalue weighted by Gasteiger charge is -2.13. The summed E-state index contributed by atoms with van der Waals surface area (Å²) in [5, 5.41) is 3.25. The highest BCUT2D eigenvalue weighted by Gasteiger charge is 2.16. The van der Waals surface area contributed by atoms with Crippen molar-refractivity contribution in [2.45, 2.75) is 38.5 Å². The molecule has 0 aromatic carbocycles. The van der Waals surface area contributed by atoms with Crippen molar-refractivity contribution in [2.24, 2.45) is 0 Å². The standard InChI is InChI=1S/C16H20N4/c1-17-16-13-5-3-2-4-6-14(13)19-15(20-16)11-12-7-9-18-10-8-12/h7-10H,2-6,11H2,1H3,(H,17,19,20). The molecule has 1 aliphatic rings. The molecule has 2 aromatic rings. The van der Waals surface area contributed by atoms with Gasteiger partial charge in [-0.05, 0) is 43.4 Å². The topological polar surface area (TPSA) is 50.7 Å². The molecule has 0 fully saturated rings. The maximum atomic E-state index is 4.81. The van der Waals surface area contributed by atoms with E-state index in [1.54, 1.807) is 0 Å². The van der Waals surface area contributed by atoms with Crippen LogP contribution in [0.5, 0.6) is 0 Å². The van der Waals surface area contributed by atoms with Crippen LogP contribution in [0.2, 0.25) is 0 Å². The van der Waals surface area contributed by atoms with Crippen LogP contribution >= 0.6 is 0 Å². The fourth-order valence-corrected chi connectivity index (χ4v) is 2.79. The van der Waals surface area contributed by atoms with Crippen molar-refractivity contribution in [3.05, 3.63) is 47.2 Å². The molecule has 2 aromatic heterocycles. The monoisotopic (exact) mass is 268 g/mol. The summed E-state index contributed by atoms with van der Waals surface area (Å²) in [6.07, 6.45) is 10.4. The highest BCUT2D eigenvalue weighted by Crippen LogP contribution is 2.25. The Hall–Kier alpha value is -1.97. The molecule has 20 heavy (non-hydrogen) atoms. The van der Waals surface area contributed by atoms with Gasteiger partial charge in [0.2, 0.25) is 0 Å². The van der Waals surface area contributed by atoms with Gasteiger partial charge < -0.3 is 5.32 Å². The van der Waals surface area contributed by atoms with E-state index < -0.39 is 0 Å². The molecule has 0 saturated heterocycles. The fourth-order valence-electron chi connectivity index (χ4n) is 2.79. The van der Waals surface area contributed by atoms with Gasteiger partial charge in [-0.2, -0.15) is 0 Å². The van der Waals surface area contributed by atoms with E-state index in [4.69, 9.17) is 9.97 Å². The maximum Gasteiger partial charge on any atom is 0.135 e. The third-order valence-electron chi connectivity index (χ3n) is 3.83. The van der Waals surface area contributed by atoms with Gasteiger partial charge in [0.05, 0.1) is 0 Å². The molecule has 1 N–H and O–H groups in total. The van der Waals surface area contributed by atoms with Gasteiger partial charge >= 0.3 is 0 Å². The third kappa shape index (κ3) is 2.79. The summed E-state index contributed by atoms with van der Waals surface area (Å²) in [4.78, 5) is 13.6. The number of aryl methyl sites for hydroxylation is 1. The van der Waals surface area contributed by atoms with Crippen LogP contribution in [-0.4, -0.2) is 22.0 Å². The van der Waals surface area contributed by atoms with Gasteiger partial charge in [-0.15, -0.1) is 0 Å². The number of hydrogen-bond donors (Lipinski definition) is 1. The SMILES string of the molecule is CNc1nc(Cc2ccncc2)nc2c1CCCCC2. The first-order chi connectivity index (χ1) is 9.86. The minimum absolute atomic E-state index is 0.768. The number of anilines is 1. The Morgan fingerprint density at radius 2 is 1.85 bits per heavy atom. The zero-order chi connectivity index (χ0) is 13.8. The minimum Gasteiger partial charge on any atom is -0.373 e. The lowest BCUT2D eigenvalue weighted by Crippen LogP contribution is -2.09. The zero-order valence-corrected chi connectivity index (χ0v) is 11.9. The lowest BCUT2D eigenvalue weighted by atomic mass is 10.1. The Bertz CT molecular complexity index is 581. The van der Waals surface area contributed by atoms with E-state index in [0.29, 0.717) is 0 Å². The van der Waals surface area contributed by atoms with Crippen LogP contribution in [-0.2, 0) is 19.3 Å². The number of nitrogens with zero attached hydrogens (tertiary/aromatic N) is 3. The Morgan fingerprint density at radius 1 is 1.05 bits per heavy atom. The van der Waals surface area contributed by atoms with Gasteiger partial charge in [0.1, 0.15) is 11.6 Å². The van der Waals surface area contributed by atoms with Gasteiger partial charge in [0.15, 0.2) is 0 Å². The van der Waals surface area contributed by atoms with Gasteiger partial charge in [-0.1, -0.05) is 6.42 Å². The second-order valence-electron chi connectivity index (χ2n) is 5.26. The first-order valence-corrected chi connectivity index (χ1v) is 7.32. The summed E-state index contributed by atoms with van der Waals surface area (Å²) in [7, 11) is 1.95. The van der Waals surface area contributed by atoms with Crippen molar-refractivity contribution >= 4 is 5.82 Å². The molecule has 2 heterocycles. The van der Waals surface area contributed by atoms with Crippen LogP contribution < -0.4 is 5.32 Å². The molecule has 104 valence electrons. The Labute approximate surface area is 119 Å². The molecule has 0 unspecified atom stereocenters. The van der Waals surface area contributed by atoms with E-state index in [1.165, 1.54) is 36.1 Å². The third-order valence-corrected chi connectivity index (χ3v) is 3.83. The van der Waals surface area contributed by atoms with Crippen LogP contribution in [0.25, 0.3) is 0 Å². The molecule has 0 amide bonds. The molecule has 1 aliphatic carbocycles. The van der Waals surface area contributed by atoms with E-state index in [-0.39, 0.29) is 0 Å². The molecule has 3 rings (SSSR count). The summed E-state index contributed by atoms with van der Waals surface area (Å²) < 4.78 is 0. The summed E-state index contributed by atoms with van der Waals surface area (Å²) in [5.41, 5.74) is 3.77. The normalized spacial score (nSPS) is 14.4. The van der Waals surface area contributed by atoms with E-state index in [2.05, 4.69) is 10.3 Å². The molecule has 0 spiro atoms. The van der Waals surface area contributed by atoms with Crippen LogP contribution in [0.15, 0.2) is 24.5 Å². The maximum absolute atomic E-state index is 4.81. The number of aromatic nitrogens is 3. The van der Waals surface area contributed by atoms with E-state index in [9.17, 15) is 0 Å². The molecule has 4 nitrogen and oxygen atoms in total. The molecule has 0 saturated carbocycles. The fraction of sp³-hybridized carbons (Fsp3) is 0.438. The predicted octanol–water partition coefficient (Wildman–Crippen LogP) is 2.77. The molecular formula is C16H20N4. The Morgan fingerprint density at radius 3 is 2.65 bits per heavy atom. The minimum atomic E-state index is 0.768. The Balaban J connectivity index is 1.94. The van der Waals surface area contributed by atoms with Crippen molar-refractivity contribution in [1.29, 1.82) is 0 Å². The number of rotatable bonds is 3. The van der Waals surface area contributed by atoms with Crippen LogP contribution in [0.4, 0.5) is 5.82 Å². The van der Waals surface area contributed by atoms with Crippen LogP contribution in [0.3, 0.4) is 0 Å². The average molecular weight is 268 g/mol. The predicted molar refractivity (Wildman–Crippen MR) is 79.9 cm³/mol. The van der Waals surface area contributed by atoms with Crippen LogP contribution in [0.1, 0.15) is 41.9 Å². The van der Waals surface area contributed by atoms with Gasteiger partial charge in [0.25, 0.3) is 0 Å².